The van der Waals surface area contributed by atoms with Crippen LogP contribution in [0.5, 0.6) is 0 Å². The van der Waals surface area contributed by atoms with Crippen LogP contribution in [0.3, 0.4) is 0 Å². The van der Waals surface area contributed by atoms with Gasteiger partial charge in [-0.05, 0) is 6.55 Å². The highest BCUT2D eigenvalue weighted by Gasteiger charge is 2.34. The summed E-state index contributed by atoms with van der Waals surface area (Å²) < 4.78 is 15.2. The van der Waals surface area contributed by atoms with Crippen LogP contribution in [0.1, 0.15) is 0 Å². The summed E-state index contributed by atoms with van der Waals surface area (Å²) in [6.07, 6.45) is 0. The average molecular weight is 177 g/mol. The van der Waals surface area contributed by atoms with E-state index in [4.69, 9.17) is 17.6 Å². The SMILES string of the molecule is C[Si]1(C#N)O[SiH2]O[SiH2]O1. The van der Waals surface area contributed by atoms with Crippen LogP contribution < -0.4 is 0 Å². The van der Waals surface area contributed by atoms with Crippen LogP contribution in [0, 0.1) is 11.0 Å². The zero-order valence-corrected chi connectivity index (χ0v) is 8.91. The monoisotopic (exact) mass is 177 g/mol. The highest BCUT2D eigenvalue weighted by Crippen LogP contribution is 2.06. The second-order valence-corrected chi connectivity index (χ2v) is 8.31. The topological polar surface area (TPSA) is 51.5 Å². The summed E-state index contributed by atoms with van der Waals surface area (Å²) in [5, 5.41) is 8.50. The highest BCUT2D eigenvalue weighted by molar-refractivity contribution is 6.81. The molecule has 0 radical (unpaired) electrons. The van der Waals surface area contributed by atoms with Gasteiger partial charge < -0.3 is 12.3 Å². The van der Waals surface area contributed by atoms with E-state index in [-0.39, 0.29) is 0 Å². The van der Waals surface area contributed by atoms with Crippen LogP contribution in [-0.4, -0.2) is 28.6 Å². The first-order chi connectivity index (χ1) is 4.27. The van der Waals surface area contributed by atoms with Crippen molar-refractivity contribution in [2.24, 2.45) is 0 Å². The lowest BCUT2D eigenvalue weighted by molar-refractivity contribution is 0.313. The number of hydrogen-bond donors (Lipinski definition) is 0. The molecule has 1 aliphatic rings. The lowest BCUT2D eigenvalue weighted by Gasteiger charge is -2.24. The van der Waals surface area contributed by atoms with E-state index in [2.05, 4.69) is 5.69 Å². The lowest BCUT2D eigenvalue weighted by Crippen LogP contribution is -2.45. The summed E-state index contributed by atoms with van der Waals surface area (Å²) in [6, 6.07) is 0. The van der Waals surface area contributed by atoms with Crippen LogP contribution in [0.4, 0.5) is 0 Å². The van der Waals surface area contributed by atoms with E-state index >= 15 is 0 Å². The van der Waals surface area contributed by atoms with Crippen molar-refractivity contribution in [1.82, 2.24) is 0 Å². The Bertz CT molecular complexity index is 138. The van der Waals surface area contributed by atoms with Crippen molar-refractivity contribution >= 4 is 28.6 Å². The van der Waals surface area contributed by atoms with E-state index in [1.807, 2.05) is 0 Å². The Morgan fingerprint density at radius 1 is 1.44 bits per heavy atom. The first-order valence-electron chi connectivity index (χ1n) is 2.54. The van der Waals surface area contributed by atoms with Crippen LogP contribution >= 0.6 is 0 Å². The van der Waals surface area contributed by atoms with Crippen molar-refractivity contribution in [1.29, 1.82) is 5.26 Å². The maximum atomic E-state index is 8.50. The molecular formula is C2H7NO3Si3. The van der Waals surface area contributed by atoms with Gasteiger partial charge in [0, 0.05) is 0 Å². The molecule has 1 saturated heterocycles. The molecular weight excluding hydrogens is 170 g/mol. The van der Waals surface area contributed by atoms with Gasteiger partial charge in [-0.2, -0.15) is 0 Å². The quantitative estimate of drug-likeness (QED) is 0.409. The van der Waals surface area contributed by atoms with Gasteiger partial charge in [0.15, 0.2) is 0 Å². The van der Waals surface area contributed by atoms with E-state index in [1.54, 1.807) is 6.55 Å². The van der Waals surface area contributed by atoms with Crippen molar-refractivity contribution in [3.8, 4) is 5.69 Å². The zero-order valence-electron chi connectivity index (χ0n) is 5.09. The van der Waals surface area contributed by atoms with Crippen LogP contribution in [0.15, 0.2) is 0 Å². The number of nitrogens with zero attached hydrogens (tertiary/aromatic N) is 1. The molecule has 0 saturated carbocycles. The van der Waals surface area contributed by atoms with Crippen molar-refractivity contribution < 1.29 is 12.3 Å². The molecule has 0 unspecified atom stereocenters. The van der Waals surface area contributed by atoms with Gasteiger partial charge >= 0.3 is 8.56 Å². The van der Waals surface area contributed by atoms with E-state index < -0.39 is 28.6 Å². The Morgan fingerprint density at radius 2 is 2.00 bits per heavy atom. The molecule has 50 valence electrons. The van der Waals surface area contributed by atoms with Crippen molar-refractivity contribution in [3.05, 3.63) is 0 Å². The highest BCUT2D eigenvalue weighted by atomic mass is 28.5. The van der Waals surface area contributed by atoms with Gasteiger partial charge in [0.1, 0.15) is 0 Å². The van der Waals surface area contributed by atoms with E-state index in [9.17, 15) is 0 Å². The Labute approximate surface area is 59.1 Å². The number of rotatable bonds is 0. The van der Waals surface area contributed by atoms with Gasteiger partial charge in [0.25, 0.3) is 20.0 Å². The fourth-order valence-electron chi connectivity index (χ4n) is 0.448. The third-order valence-electron chi connectivity index (χ3n) is 1.04. The van der Waals surface area contributed by atoms with E-state index in [0.29, 0.717) is 0 Å². The standard InChI is InChI=1S/C2H7NO3Si3/c1-9(2-3)5-7-4-8-6-9/h7-8H2,1H3. The summed E-state index contributed by atoms with van der Waals surface area (Å²) >= 11 is 0. The van der Waals surface area contributed by atoms with E-state index in [0.717, 1.165) is 0 Å². The molecule has 1 fully saturated rings. The van der Waals surface area contributed by atoms with Gasteiger partial charge in [0.05, 0.1) is 5.69 Å². The number of nitriles is 1. The third kappa shape index (κ3) is 1.71. The van der Waals surface area contributed by atoms with E-state index in [1.165, 1.54) is 0 Å². The van der Waals surface area contributed by atoms with Gasteiger partial charge in [-0.1, -0.05) is 0 Å². The zero-order chi connectivity index (χ0) is 6.74. The van der Waals surface area contributed by atoms with Crippen molar-refractivity contribution in [2.75, 3.05) is 0 Å². The molecule has 0 aromatic carbocycles. The molecule has 4 nitrogen and oxygen atoms in total. The first-order valence-corrected chi connectivity index (χ1v) is 7.16. The maximum Gasteiger partial charge on any atom is 0.432 e. The first kappa shape index (κ1) is 7.13. The Kier molecular flexibility index (Phi) is 2.17. The minimum absolute atomic E-state index is 0.831. The molecule has 0 aromatic rings. The van der Waals surface area contributed by atoms with Gasteiger partial charge in [-0.15, -0.1) is 0 Å². The summed E-state index contributed by atoms with van der Waals surface area (Å²) in [6.45, 7) is 1.76. The summed E-state index contributed by atoms with van der Waals surface area (Å²) in [7, 11) is -3.97. The average Bonchev–Trinajstić information content (AvgIpc) is 1.90. The third-order valence-corrected chi connectivity index (χ3v) is 8.13. The molecule has 1 aliphatic heterocycles. The predicted octanol–water partition coefficient (Wildman–Crippen LogP) is -1.82. The second kappa shape index (κ2) is 2.74. The van der Waals surface area contributed by atoms with Crippen LogP contribution in [0.2, 0.25) is 6.55 Å². The molecule has 0 amide bonds. The summed E-state index contributed by atoms with van der Waals surface area (Å²) in [4.78, 5) is 0. The van der Waals surface area contributed by atoms with Crippen molar-refractivity contribution in [3.63, 3.8) is 0 Å². The molecule has 0 aliphatic carbocycles. The summed E-state index contributed by atoms with van der Waals surface area (Å²) in [5.74, 6) is 0. The van der Waals surface area contributed by atoms with Crippen molar-refractivity contribution in [2.45, 2.75) is 6.55 Å². The minimum Gasteiger partial charge on any atom is -0.425 e. The molecule has 7 heteroatoms. The fraction of sp³-hybridized carbons (Fsp3) is 0.500. The smallest absolute Gasteiger partial charge is 0.425 e. The van der Waals surface area contributed by atoms with Gasteiger partial charge in [-0.25, -0.2) is 5.26 Å². The normalized spacial score (nSPS) is 40.9. The Morgan fingerprint density at radius 3 is 2.33 bits per heavy atom. The molecule has 0 atom stereocenters. The molecule has 1 rings (SSSR count). The predicted molar refractivity (Wildman–Crippen MR) is 37.6 cm³/mol. The molecule has 9 heavy (non-hydrogen) atoms. The molecule has 0 N–H and O–H groups in total. The molecule has 1 heterocycles. The van der Waals surface area contributed by atoms with Crippen LogP contribution in [0.25, 0.3) is 0 Å². The molecule has 0 spiro atoms. The minimum atomic E-state index is -2.31. The molecule has 0 aromatic heterocycles. The Hall–Kier alpha value is 0.0206. The van der Waals surface area contributed by atoms with Crippen LogP contribution in [-0.2, 0) is 12.3 Å². The van der Waals surface area contributed by atoms with Gasteiger partial charge in [-0.3, -0.25) is 0 Å². The second-order valence-electron chi connectivity index (χ2n) is 1.79. The fourth-order valence-corrected chi connectivity index (χ4v) is 6.29. The lowest BCUT2D eigenvalue weighted by atomic mass is 11.8. The molecule has 0 bridgehead atoms. The Balaban J connectivity index is 2.49. The maximum absolute atomic E-state index is 8.50. The van der Waals surface area contributed by atoms with Gasteiger partial charge in [0.2, 0.25) is 0 Å². The number of hydrogen-bond acceptors (Lipinski definition) is 4. The largest absolute Gasteiger partial charge is 0.432 e. The summed E-state index contributed by atoms with van der Waals surface area (Å²) in [5.41, 5.74) is 2.06.